The van der Waals surface area contributed by atoms with Crippen LogP contribution in [0.3, 0.4) is 0 Å². The molecule has 0 saturated heterocycles. The lowest BCUT2D eigenvalue weighted by Gasteiger charge is -2.22. The fourth-order valence-electron chi connectivity index (χ4n) is 2.39. The smallest absolute Gasteiger partial charge is 0.137 e. The van der Waals surface area contributed by atoms with Gasteiger partial charge in [0, 0.05) is 12.1 Å². The molecule has 1 N–H and O–H groups in total. The van der Waals surface area contributed by atoms with E-state index >= 15 is 0 Å². The van der Waals surface area contributed by atoms with Gasteiger partial charge in [-0.25, -0.2) is 9.97 Å². The van der Waals surface area contributed by atoms with Crippen LogP contribution >= 0.6 is 11.6 Å². The average molecular weight is 284 g/mol. The van der Waals surface area contributed by atoms with E-state index in [0.717, 1.165) is 17.9 Å². The molecule has 1 aromatic rings. The molecule has 0 aromatic carbocycles. The Bertz CT molecular complexity index is 419. The van der Waals surface area contributed by atoms with E-state index in [1.807, 2.05) is 13.8 Å². The van der Waals surface area contributed by atoms with Gasteiger partial charge in [0.15, 0.2) is 0 Å². The summed E-state index contributed by atoms with van der Waals surface area (Å²) in [7, 11) is 0. The van der Waals surface area contributed by atoms with Crippen LogP contribution in [0.5, 0.6) is 0 Å². The second kappa shape index (κ2) is 7.06. The molecule has 19 heavy (non-hydrogen) atoms. The van der Waals surface area contributed by atoms with Crippen LogP contribution in [0.2, 0.25) is 5.15 Å². The zero-order chi connectivity index (χ0) is 13.7. The van der Waals surface area contributed by atoms with Crippen LogP contribution in [0.25, 0.3) is 0 Å². The Kier molecular flexibility index (Phi) is 5.40. The van der Waals surface area contributed by atoms with E-state index < -0.39 is 0 Å². The molecule has 5 heteroatoms. The second-order valence-corrected chi connectivity index (χ2v) is 5.45. The summed E-state index contributed by atoms with van der Waals surface area (Å²) in [5.74, 6) is 1.50. The number of nitrogens with zero attached hydrogens (tertiary/aromatic N) is 2. The molecule has 1 heterocycles. The minimum atomic E-state index is 0.451. The summed E-state index contributed by atoms with van der Waals surface area (Å²) in [6.45, 7) is 5.23. The van der Waals surface area contributed by atoms with Crippen molar-refractivity contribution in [3.8, 4) is 0 Å². The van der Waals surface area contributed by atoms with Gasteiger partial charge in [-0.15, -0.1) is 0 Å². The van der Waals surface area contributed by atoms with Crippen LogP contribution in [0.15, 0.2) is 0 Å². The van der Waals surface area contributed by atoms with Crippen molar-refractivity contribution in [1.82, 2.24) is 9.97 Å². The molecule has 2 rings (SSSR count). The van der Waals surface area contributed by atoms with Crippen LogP contribution in [0.1, 0.15) is 43.5 Å². The number of ether oxygens (including phenoxy) is 1. The molecular formula is C14H22ClN3O. The Morgan fingerprint density at radius 2 is 1.95 bits per heavy atom. The predicted octanol–water partition coefficient (Wildman–Crippen LogP) is 3.51. The van der Waals surface area contributed by atoms with E-state index in [9.17, 15) is 0 Å². The van der Waals surface area contributed by atoms with Gasteiger partial charge in [0.1, 0.15) is 16.8 Å². The van der Waals surface area contributed by atoms with Gasteiger partial charge in [0.2, 0.25) is 0 Å². The van der Waals surface area contributed by atoms with Crippen LogP contribution in [-0.4, -0.2) is 29.2 Å². The predicted molar refractivity (Wildman–Crippen MR) is 77.8 cm³/mol. The second-order valence-electron chi connectivity index (χ2n) is 5.09. The topological polar surface area (TPSA) is 47.0 Å². The Hall–Kier alpha value is -0.870. The van der Waals surface area contributed by atoms with E-state index in [0.29, 0.717) is 23.7 Å². The molecule has 0 amide bonds. The summed E-state index contributed by atoms with van der Waals surface area (Å²) in [4.78, 5) is 8.47. The molecule has 1 aliphatic rings. The van der Waals surface area contributed by atoms with Crippen LogP contribution < -0.4 is 5.32 Å². The maximum atomic E-state index is 6.03. The van der Waals surface area contributed by atoms with Gasteiger partial charge in [-0.1, -0.05) is 30.9 Å². The highest BCUT2D eigenvalue weighted by Gasteiger charge is 2.13. The fraction of sp³-hybridized carbons (Fsp3) is 0.714. The number of hydrogen-bond acceptors (Lipinski definition) is 4. The third-order valence-electron chi connectivity index (χ3n) is 3.50. The van der Waals surface area contributed by atoms with E-state index in [-0.39, 0.29) is 0 Å². The highest BCUT2D eigenvalue weighted by atomic mass is 35.5. The van der Waals surface area contributed by atoms with E-state index in [1.54, 1.807) is 0 Å². The minimum Gasteiger partial charge on any atom is -0.376 e. The number of aryl methyl sites for hydroxylation is 1. The molecule has 106 valence electrons. The fourth-order valence-corrected chi connectivity index (χ4v) is 2.61. The van der Waals surface area contributed by atoms with E-state index in [2.05, 4.69) is 15.3 Å². The van der Waals surface area contributed by atoms with Crippen molar-refractivity contribution >= 4 is 17.4 Å². The third-order valence-corrected chi connectivity index (χ3v) is 3.87. The lowest BCUT2D eigenvalue weighted by Crippen LogP contribution is -2.21. The molecule has 4 nitrogen and oxygen atoms in total. The molecular weight excluding hydrogens is 262 g/mol. The van der Waals surface area contributed by atoms with Crippen molar-refractivity contribution in [3.63, 3.8) is 0 Å². The number of hydrogen-bond donors (Lipinski definition) is 1. The summed E-state index contributed by atoms with van der Waals surface area (Å²) >= 11 is 6.03. The molecule has 1 fully saturated rings. The van der Waals surface area contributed by atoms with Crippen LogP contribution in [-0.2, 0) is 4.74 Å². The summed E-state index contributed by atoms with van der Waals surface area (Å²) in [6.07, 6.45) is 6.83. The quantitative estimate of drug-likeness (QED) is 0.663. The van der Waals surface area contributed by atoms with Crippen molar-refractivity contribution in [3.05, 3.63) is 16.5 Å². The zero-order valence-corrected chi connectivity index (χ0v) is 12.5. The summed E-state index contributed by atoms with van der Waals surface area (Å²) in [5.41, 5.74) is 0.893. The third kappa shape index (κ3) is 4.32. The van der Waals surface area contributed by atoms with Crippen molar-refractivity contribution in [1.29, 1.82) is 0 Å². The average Bonchev–Trinajstić information content (AvgIpc) is 2.41. The lowest BCUT2D eigenvalue weighted by atomic mass is 9.98. The Morgan fingerprint density at radius 1 is 1.21 bits per heavy atom. The molecule has 1 saturated carbocycles. The summed E-state index contributed by atoms with van der Waals surface area (Å²) < 4.78 is 5.87. The van der Waals surface area contributed by atoms with Gasteiger partial charge in [-0.3, -0.25) is 0 Å². The standard InChI is InChI=1S/C14H22ClN3O/c1-10-13(15)17-11(2)18-14(10)16-8-9-19-12-6-4-3-5-7-12/h12H,3-9H2,1-2H3,(H,16,17,18). The van der Waals surface area contributed by atoms with Gasteiger partial charge >= 0.3 is 0 Å². The highest BCUT2D eigenvalue weighted by molar-refractivity contribution is 6.30. The molecule has 0 unspecified atom stereocenters. The first-order valence-electron chi connectivity index (χ1n) is 7.03. The van der Waals surface area contributed by atoms with Gasteiger partial charge < -0.3 is 10.1 Å². The van der Waals surface area contributed by atoms with Crippen LogP contribution in [0.4, 0.5) is 5.82 Å². The molecule has 0 bridgehead atoms. The van der Waals surface area contributed by atoms with Gasteiger partial charge in [0.05, 0.1) is 12.7 Å². The first kappa shape index (κ1) is 14.5. The number of rotatable bonds is 5. The Balaban J connectivity index is 1.76. The Morgan fingerprint density at radius 3 is 2.68 bits per heavy atom. The lowest BCUT2D eigenvalue weighted by molar-refractivity contribution is 0.0347. The summed E-state index contributed by atoms with van der Waals surface area (Å²) in [5, 5.41) is 3.79. The highest BCUT2D eigenvalue weighted by Crippen LogP contribution is 2.21. The summed E-state index contributed by atoms with van der Waals surface area (Å²) in [6, 6.07) is 0. The number of aromatic nitrogens is 2. The van der Waals surface area contributed by atoms with Crippen molar-refractivity contribution in [2.75, 3.05) is 18.5 Å². The van der Waals surface area contributed by atoms with Crippen LogP contribution in [0, 0.1) is 13.8 Å². The molecule has 0 spiro atoms. The largest absolute Gasteiger partial charge is 0.376 e. The maximum Gasteiger partial charge on any atom is 0.137 e. The zero-order valence-electron chi connectivity index (χ0n) is 11.7. The molecule has 0 radical (unpaired) electrons. The number of halogens is 1. The SMILES string of the molecule is Cc1nc(Cl)c(C)c(NCCOC2CCCCC2)n1. The first-order valence-corrected chi connectivity index (χ1v) is 7.41. The van der Waals surface area contributed by atoms with Gasteiger partial charge in [-0.05, 0) is 26.7 Å². The number of nitrogens with one attached hydrogen (secondary N) is 1. The number of anilines is 1. The maximum absolute atomic E-state index is 6.03. The van der Waals surface area contributed by atoms with Gasteiger partial charge in [0.25, 0.3) is 0 Å². The van der Waals surface area contributed by atoms with Gasteiger partial charge in [-0.2, -0.15) is 0 Å². The molecule has 1 aromatic heterocycles. The molecule has 0 atom stereocenters. The normalized spacial score (nSPS) is 16.6. The Labute approximate surface area is 119 Å². The van der Waals surface area contributed by atoms with Crippen molar-refractivity contribution < 1.29 is 4.74 Å². The van der Waals surface area contributed by atoms with E-state index in [4.69, 9.17) is 16.3 Å². The monoisotopic (exact) mass is 283 g/mol. The van der Waals surface area contributed by atoms with Crippen molar-refractivity contribution in [2.45, 2.75) is 52.1 Å². The van der Waals surface area contributed by atoms with Crippen molar-refractivity contribution in [2.24, 2.45) is 0 Å². The van der Waals surface area contributed by atoms with E-state index in [1.165, 1.54) is 32.1 Å². The first-order chi connectivity index (χ1) is 9.16. The molecule has 1 aliphatic carbocycles. The minimum absolute atomic E-state index is 0.451. The molecule has 0 aliphatic heterocycles.